The third-order valence-electron chi connectivity index (χ3n) is 1.97. The molecule has 1 aromatic carbocycles. The van der Waals surface area contributed by atoms with Crippen molar-refractivity contribution in [3.63, 3.8) is 0 Å². The Labute approximate surface area is 91.1 Å². The molecule has 0 aliphatic rings. The molecular weight excluding hydrogens is 242 g/mol. The van der Waals surface area contributed by atoms with E-state index in [1.165, 1.54) is 0 Å². The Bertz CT molecular complexity index is 422. The Morgan fingerprint density at radius 3 is 2.64 bits per heavy atom. The highest BCUT2D eigenvalue weighted by Gasteiger charge is 2.10. The maximum absolute atomic E-state index is 5.55. The molecule has 72 valence electrons. The fourth-order valence-corrected chi connectivity index (χ4v) is 1.76. The summed E-state index contributed by atoms with van der Waals surface area (Å²) in [7, 11) is 0. The van der Waals surface area contributed by atoms with Gasteiger partial charge >= 0.3 is 0 Å². The fourth-order valence-electron chi connectivity index (χ4n) is 1.38. The van der Waals surface area contributed by atoms with Crippen LogP contribution in [0.25, 0.3) is 11.3 Å². The Morgan fingerprint density at radius 1 is 1.29 bits per heavy atom. The third-order valence-corrected chi connectivity index (χ3v) is 2.50. The lowest BCUT2D eigenvalue weighted by Crippen LogP contribution is -1.81. The predicted octanol–water partition coefficient (Wildman–Crippen LogP) is 3.54. The second-order valence-corrected chi connectivity index (χ2v) is 3.57. The lowest BCUT2D eigenvalue weighted by molar-refractivity contribution is 0.534. The van der Waals surface area contributed by atoms with E-state index >= 15 is 0 Å². The number of aromatic nitrogens is 1. The third kappa shape index (κ3) is 1.73. The van der Waals surface area contributed by atoms with Crippen molar-refractivity contribution in [1.29, 1.82) is 0 Å². The Morgan fingerprint density at radius 2 is 2.00 bits per heavy atom. The van der Waals surface area contributed by atoms with Crippen molar-refractivity contribution in [3.05, 3.63) is 41.9 Å². The second-order valence-electron chi connectivity index (χ2n) is 3.01. The average Bonchev–Trinajstić information content (AvgIpc) is 2.61. The molecule has 0 aliphatic heterocycles. The first-order chi connectivity index (χ1) is 6.81. The van der Waals surface area contributed by atoms with Crippen LogP contribution in [0.3, 0.4) is 0 Å². The quantitative estimate of drug-likeness (QED) is 0.764. The zero-order valence-electron chi connectivity index (χ0n) is 7.83. The molecular formula is C11H10BrNO. The zero-order chi connectivity index (χ0) is 9.97. The molecule has 2 rings (SSSR count). The van der Waals surface area contributed by atoms with Crippen LogP contribution in [0.2, 0.25) is 0 Å². The maximum Gasteiger partial charge on any atom is 0.192 e. The summed E-state index contributed by atoms with van der Waals surface area (Å²) in [5, 5.41) is 0.717. The van der Waals surface area contributed by atoms with Crippen molar-refractivity contribution in [1.82, 2.24) is 4.98 Å². The summed E-state index contributed by atoms with van der Waals surface area (Å²) in [6.45, 7) is 1.86. The van der Waals surface area contributed by atoms with E-state index in [2.05, 4.69) is 20.9 Å². The Balaban J connectivity index is 2.51. The van der Waals surface area contributed by atoms with Crippen molar-refractivity contribution in [2.75, 3.05) is 0 Å². The van der Waals surface area contributed by atoms with Gasteiger partial charge in [0.1, 0.15) is 0 Å². The van der Waals surface area contributed by atoms with E-state index in [4.69, 9.17) is 4.42 Å². The Hall–Kier alpha value is -1.09. The van der Waals surface area contributed by atoms with Crippen LogP contribution >= 0.6 is 15.9 Å². The van der Waals surface area contributed by atoms with Gasteiger partial charge in [-0.05, 0) is 0 Å². The Kier molecular flexibility index (Phi) is 2.68. The van der Waals surface area contributed by atoms with Crippen LogP contribution in [-0.4, -0.2) is 4.98 Å². The molecule has 0 fully saturated rings. The van der Waals surface area contributed by atoms with Gasteiger partial charge in [-0.2, -0.15) is 0 Å². The van der Waals surface area contributed by atoms with Gasteiger partial charge in [0.05, 0.1) is 5.69 Å². The molecule has 14 heavy (non-hydrogen) atoms. The topological polar surface area (TPSA) is 26.0 Å². The van der Waals surface area contributed by atoms with Crippen LogP contribution in [-0.2, 0) is 5.33 Å². The highest BCUT2D eigenvalue weighted by atomic mass is 79.9. The lowest BCUT2D eigenvalue weighted by atomic mass is 10.1. The normalized spacial score (nSPS) is 10.4. The van der Waals surface area contributed by atoms with Gasteiger partial charge in [-0.1, -0.05) is 46.3 Å². The highest BCUT2D eigenvalue weighted by molar-refractivity contribution is 9.08. The molecule has 0 unspecified atom stereocenters. The molecule has 2 aromatic rings. The van der Waals surface area contributed by atoms with Crippen LogP contribution in [0, 0.1) is 6.92 Å². The molecule has 3 heteroatoms. The van der Waals surface area contributed by atoms with Crippen LogP contribution < -0.4 is 0 Å². The standard InChI is InChI=1S/C11H10BrNO/c1-8-13-10(7-12)11(14-8)9-5-3-2-4-6-9/h2-6H,7H2,1H3. The second kappa shape index (κ2) is 3.96. The number of hydrogen-bond donors (Lipinski definition) is 0. The SMILES string of the molecule is Cc1nc(CBr)c(-c2ccccc2)o1. The predicted molar refractivity (Wildman–Crippen MR) is 59.3 cm³/mol. The van der Waals surface area contributed by atoms with Crippen molar-refractivity contribution >= 4 is 15.9 Å². The van der Waals surface area contributed by atoms with E-state index in [1.54, 1.807) is 0 Å². The summed E-state index contributed by atoms with van der Waals surface area (Å²) < 4.78 is 5.55. The number of benzene rings is 1. The van der Waals surface area contributed by atoms with Crippen molar-refractivity contribution in [2.24, 2.45) is 0 Å². The molecule has 1 aromatic heterocycles. The van der Waals surface area contributed by atoms with Crippen LogP contribution in [0.15, 0.2) is 34.7 Å². The van der Waals surface area contributed by atoms with Gasteiger partial charge in [0.2, 0.25) is 0 Å². The summed E-state index contributed by atoms with van der Waals surface area (Å²) in [5.74, 6) is 1.57. The molecule has 2 nitrogen and oxygen atoms in total. The van der Waals surface area contributed by atoms with Crippen LogP contribution in [0.1, 0.15) is 11.6 Å². The number of aryl methyl sites for hydroxylation is 1. The number of alkyl halides is 1. The lowest BCUT2D eigenvalue weighted by Gasteiger charge is -1.96. The average molecular weight is 252 g/mol. The van der Waals surface area contributed by atoms with E-state index in [-0.39, 0.29) is 0 Å². The summed E-state index contributed by atoms with van der Waals surface area (Å²) in [5.41, 5.74) is 2.02. The molecule has 0 radical (unpaired) electrons. The smallest absolute Gasteiger partial charge is 0.192 e. The van der Waals surface area contributed by atoms with E-state index in [1.807, 2.05) is 37.3 Å². The number of hydrogen-bond acceptors (Lipinski definition) is 2. The minimum atomic E-state index is 0.707. The van der Waals surface area contributed by atoms with Gasteiger partial charge in [-0.25, -0.2) is 4.98 Å². The summed E-state index contributed by atoms with van der Waals surface area (Å²) in [6, 6.07) is 10.0. The van der Waals surface area contributed by atoms with Gasteiger partial charge in [-0.15, -0.1) is 0 Å². The van der Waals surface area contributed by atoms with E-state index in [0.717, 1.165) is 17.0 Å². The summed E-state index contributed by atoms with van der Waals surface area (Å²) in [6.07, 6.45) is 0. The first kappa shape index (κ1) is 9.46. The molecule has 0 amide bonds. The highest BCUT2D eigenvalue weighted by Crippen LogP contribution is 2.25. The molecule has 0 aliphatic carbocycles. The molecule has 0 atom stereocenters. The fraction of sp³-hybridized carbons (Fsp3) is 0.182. The van der Waals surface area contributed by atoms with Gasteiger partial charge in [-0.3, -0.25) is 0 Å². The maximum atomic E-state index is 5.55. The van der Waals surface area contributed by atoms with Gasteiger partial charge in [0.25, 0.3) is 0 Å². The van der Waals surface area contributed by atoms with Crippen LogP contribution in [0.5, 0.6) is 0 Å². The molecule has 1 heterocycles. The van der Waals surface area contributed by atoms with E-state index < -0.39 is 0 Å². The molecule has 0 bridgehead atoms. The minimum absolute atomic E-state index is 0.707. The minimum Gasteiger partial charge on any atom is -0.441 e. The van der Waals surface area contributed by atoms with Crippen molar-refractivity contribution < 1.29 is 4.42 Å². The number of rotatable bonds is 2. The number of halogens is 1. The number of oxazole rings is 1. The largest absolute Gasteiger partial charge is 0.441 e. The summed E-state index contributed by atoms with van der Waals surface area (Å²) in [4.78, 5) is 4.29. The molecule has 0 N–H and O–H groups in total. The molecule has 0 spiro atoms. The van der Waals surface area contributed by atoms with E-state index in [9.17, 15) is 0 Å². The summed E-state index contributed by atoms with van der Waals surface area (Å²) >= 11 is 3.40. The van der Waals surface area contributed by atoms with Gasteiger partial charge < -0.3 is 4.42 Å². The monoisotopic (exact) mass is 251 g/mol. The van der Waals surface area contributed by atoms with Gasteiger partial charge in [0, 0.05) is 17.8 Å². The zero-order valence-corrected chi connectivity index (χ0v) is 9.41. The van der Waals surface area contributed by atoms with E-state index in [0.29, 0.717) is 11.2 Å². The van der Waals surface area contributed by atoms with Gasteiger partial charge in [0.15, 0.2) is 11.7 Å². The van der Waals surface area contributed by atoms with Crippen molar-refractivity contribution in [2.45, 2.75) is 12.3 Å². The van der Waals surface area contributed by atoms with Crippen LogP contribution in [0.4, 0.5) is 0 Å². The molecule has 0 saturated carbocycles. The van der Waals surface area contributed by atoms with Crippen molar-refractivity contribution in [3.8, 4) is 11.3 Å². The first-order valence-electron chi connectivity index (χ1n) is 4.39. The first-order valence-corrected chi connectivity index (χ1v) is 5.51. The molecule has 0 saturated heterocycles. The number of nitrogens with zero attached hydrogens (tertiary/aromatic N) is 1.